The minimum absolute atomic E-state index is 0.112. The fraction of sp³-hybridized carbons (Fsp3) is 0.556. The van der Waals surface area contributed by atoms with Crippen LogP contribution < -0.4 is 5.56 Å². The average molecular weight is 347 g/mol. The molecule has 0 saturated carbocycles. The van der Waals surface area contributed by atoms with Crippen molar-refractivity contribution in [1.29, 1.82) is 0 Å². The van der Waals surface area contributed by atoms with Crippen molar-refractivity contribution in [3.63, 3.8) is 0 Å². The Bertz CT molecular complexity index is 836. The number of H-pyrrole nitrogens is 1. The molecule has 2 aromatic rings. The maximum Gasteiger partial charge on any atom is 0.258 e. The zero-order valence-corrected chi connectivity index (χ0v) is 16.1. The lowest BCUT2D eigenvalue weighted by Crippen LogP contribution is -2.40. The predicted octanol–water partition coefficient (Wildman–Crippen LogP) is 3.42. The Morgan fingerprint density at radius 3 is 2.75 bits per heavy atom. The van der Waals surface area contributed by atoms with Crippen LogP contribution in [-0.2, 0) is 17.5 Å². The summed E-state index contributed by atoms with van der Waals surface area (Å²) in [5.41, 5.74) is 2.46. The van der Waals surface area contributed by atoms with Gasteiger partial charge in [0, 0.05) is 0 Å². The Morgan fingerprint density at radius 1 is 1.38 bits per heavy atom. The second-order valence-electron chi connectivity index (χ2n) is 8.18. The molecule has 0 radical (unpaired) electrons. The van der Waals surface area contributed by atoms with E-state index in [9.17, 15) is 9.90 Å². The first-order valence-electron chi connectivity index (χ1n) is 8.46. The topological polar surface area (TPSA) is 75.2 Å². The molecule has 1 heterocycles. The molecule has 0 aliphatic heterocycles. The number of aliphatic hydroxyl groups is 1. The molecule has 0 saturated heterocycles. The smallest absolute Gasteiger partial charge is 0.258 e. The number of benzene rings is 1. The zero-order valence-electron chi connectivity index (χ0n) is 15.1. The fourth-order valence-electron chi connectivity index (χ4n) is 2.80. The van der Waals surface area contributed by atoms with Gasteiger partial charge >= 0.3 is 0 Å². The highest BCUT2D eigenvalue weighted by molar-refractivity contribution is 6.74. The summed E-state index contributed by atoms with van der Waals surface area (Å²) in [5.74, 6) is 0.566. The first kappa shape index (κ1) is 17.3. The van der Waals surface area contributed by atoms with Crippen LogP contribution in [0, 0.1) is 0 Å². The average Bonchev–Trinajstić information content (AvgIpc) is 2.83. The number of nitrogens with one attached hydrogen (secondary N) is 1. The van der Waals surface area contributed by atoms with E-state index < -0.39 is 14.4 Å². The lowest BCUT2D eigenvalue weighted by atomic mass is 10.1. The van der Waals surface area contributed by atoms with E-state index in [0.717, 1.165) is 17.5 Å². The number of nitrogens with zero attached hydrogens (tertiary/aromatic N) is 1. The van der Waals surface area contributed by atoms with Crippen molar-refractivity contribution in [2.45, 2.75) is 64.5 Å². The van der Waals surface area contributed by atoms with Crippen LogP contribution in [0.5, 0.6) is 0 Å². The highest BCUT2D eigenvalue weighted by Gasteiger charge is 2.37. The summed E-state index contributed by atoms with van der Waals surface area (Å²) in [6.07, 6.45) is 1.08. The molecule has 1 aliphatic rings. The summed E-state index contributed by atoms with van der Waals surface area (Å²) >= 11 is 0. The molecule has 1 aromatic carbocycles. The summed E-state index contributed by atoms with van der Waals surface area (Å²) in [5, 5.41) is 10.6. The van der Waals surface area contributed by atoms with Crippen LogP contribution in [0.1, 0.15) is 50.2 Å². The number of aliphatic hydroxyl groups excluding tert-OH is 1. The van der Waals surface area contributed by atoms with Gasteiger partial charge in [-0.1, -0.05) is 20.8 Å². The molecule has 1 unspecified atom stereocenters. The van der Waals surface area contributed by atoms with Crippen LogP contribution in [0.4, 0.5) is 0 Å². The van der Waals surface area contributed by atoms with Gasteiger partial charge in [0.25, 0.3) is 5.56 Å². The van der Waals surface area contributed by atoms with Crippen molar-refractivity contribution in [1.82, 2.24) is 9.97 Å². The molecule has 0 spiro atoms. The lowest BCUT2D eigenvalue weighted by molar-refractivity contribution is 0.180. The van der Waals surface area contributed by atoms with Gasteiger partial charge < -0.3 is 14.5 Å². The van der Waals surface area contributed by atoms with E-state index in [2.05, 4.69) is 43.8 Å². The molecular formula is C18H26N2O3Si. The number of aromatic amines is 1. The molecular weight excluding hydrogens is 320 g/mol. The van der Waals surface area contributed by atoms with Crippen LogP contribution in [0.25, 0.3) is 10.9 Å². The van der Waals surface area contributed by atoms with E-state index in [1.165, 1.54) is 0 Å². The summed E-state index contributed by atoms with van der Waals surface area (Å²) in [4.78, 5) is 19.8. The SMILES string of the molecule is CC(C)(C)[Si](C)(C)OCc1nc2cc3c(cc2c(=O)[nH]1)C(O)CC3. The van der Waals surface area contributed by atoms with E-state index in [1.807, 2.05) is 6.07 Å². The Hall–Kier alpha value is -1.50. The van der Waals surface area contributed by atoms with Crippen molar-refractivity contribution < 1.29 is 9.53 Å². The number of hydrogen-bond donors (Lipinski definition) is 2. The normalized spacial score (nSPS) is 18.2. The van der Waals surface area contributed by atoms with Crippen molar-refractivity contribution in [2.24, 2.45) is 0 Å². The largest absolute Gasteiger partial charge is 0.409 e. The number of hydrogen-bond acceptors (Lipinski definition) is 4. The molecule has 2 N–H and O–H groups in total. The molecule has 1 aliphatic carbocycles. The van der Waals surface area contributed by atoms with Crippen molar-refractivity contribution >= 4 is 19.2 Å². The summed E-state index contributed by atoms with van der Waals surface area (Å²) in [6, 6.07) is 3.72. The number of rotatable bonds is 3. The van der Waals surface area contributed by atoms with Crippen molar-refractivity contribution in [3.8, 4) is 0 Å². The van der Waals surface area contributed by atoms with Gasteiger partial charge in [0.1, 0.15) is 5.82 Å². The molecule has 0 amide bonds. The molecule has 6 heteroatoms. The summed E-state index contributed by atoms with van der Waals surface area (Å²) < 4.78 is 6.16. The summed E-state index contributed by atoms with van der Waals surface area (Å²) in [6.45, 7) is 11.2. The van der Waals surface area contributed by atoms with Gasteiger partial charge in [-0.05, 0) is 54.2 Å². The Morgan fingerprint density at radius 2 is 2.08 bits per heavy atom. The van der Waals surface area contributed by atoms with E-state index in [0.29, 0.717) is 29.8 Å². The Kier molecular flexibility index (Phi) is 4.18. The highest BCUT2D eigenvalue weighted by atomic mass is 28.4. The van der Waals surface area contributed by atoms with E-state index >= 15 is 0 Å². The van der Waals surface area contributed by atoms with Gasteiger partial charge in [-0.25, -0.2) is 4.98 Å². The first-order chi connectivity index (χ1) is 11.1. The second-order valence-corrected chi connectivity index (χ2v) is 13.0. The van der Waals surface area contributed by atoms with Gasteiger partial charge in [-0.3, -0.25) is 4.79 Å². The number of aromatic nitrogens is 2. The van der Waals surface area contributed by atoms with Crippen LogP contribution in [0.2, 0.25) is 18.1 Å². The van der Waals surface area contributed by atoms with Crippen LogP contribution in [-0.4, -0.2) is 23.4 Å². The molecule has 0 bridgehead atoms. The predicted molar refractivity (Wildman–Crippen MR) is 97.6 cm³/mol. The van der Waals surface area contributed by atoms with Gasteiger partial charge in [0.2, 0.25) is 0 Å². The maximum absolute atomic E-state index is 12.4. The number of aryl methyl sites for hydroxylation is 1. The third kappa shape index (κ3) is 3.06. The minimum atomic E-state index is -1.89. The molecule has 0 fully saturated rings. The van der Waals surface area contributed by atoms with Crippen LogP contribution in [0.15, 0.2) is 16.9 Å². The molecule has 5 nitrogen and oxygen atoms in total. The molecule has 1 aromatic heterocycles. The van der Waals surface area contributed by atoms with Crippen molar-refractivity contribution in [3.05, 3.63) is 39.4 Å². The number of fused-ring (bicyclic) bond motifs is 2. The lowest BCUT2D eigenvalue weighted by Gasteiger charge is -2.35. The molecule has 130 valence electrons. The second kappa shape index (κ2) is 5.79. The van der Waals surface area contributed by atoms with E-state index in [1.54, 1.807) is 6.07 Å². The van der Waals surface area contributed by atoms with Gasteiger partial charge in [0.05, 0.1) is 23.6 Å². The minimum Gasteiger partial charge on any atom is -0.409 e. The molecule has 3 rings (SSSR count). The Balaban J connectivity index is 1.93. The fourth-order valence-corrected chi connectivity index (χ4v) is 3.73. The standard InChI is InChI=1S/C18H26N2O3Si/c1-18(2,3)24(4,5)23-10-16-19-14-8-11-6-7-15(21)12(11)9-13(14)17(22)20-16/h8-9,15,21H,6-7,10H2,1-5H3,(H,19,20,22). The van der Waals surface area contributed by atoms with Crippen LogP contribution in [0.3, 0.4) is 0 Å². The highest BCUT2D eigenvalue weighted by Crippen LogP contribution is 2.37. The van der Waals surface area contributed by atoms with Crippen LogP contribution >= 0.6 is 0 Å². The van der Waals surface area contributed by atoms with Gasteiger partial charge in [0.15, 0.2) is 8.32 Å². The maximum atomic E-state index is 12.4. The third-order valence-electron chi connectivity index (χ3n) is 5.44. The van der Waals surface area contributed by atoms with E-state index in [-0.39, 0.29) is 10.6 Å². The van der Waals surface area contributed by atoms with Gasteiger partial charge in [-0.2, -0.15) is 0 Å². The van der Waals surface area contributed by atoms with E-state index in [4.69, 9.17) is 4.43 Å². The molecule has 24 heavy (non-hydrogen) atoms. The van der Waals surface area contributed by atoms with Crippen molar-refractivity contribution in [2.75, 3.05) is 0 Å². The summed E-state index contributed by atoms with van der Waals surface area (Å²) in [7, 11) is -1.89. The third-order valence-corrected chi connectivity index (χ3v) is 9.92. The zero-order chi connectivity index (χ0) is 17.7. The monoisotopic (exact) mass is 346 g/mol. The quantitative estimate of drug-likeness (QED) is 0.835. The van der Waals surface area contributed by atoms with Gasteiger partial charge in [-0.15, -0.1) is 0 Å². The first-order valence-corrected chi connectivity index (χ1v) is 11.4. The molecule has 1 atom stereocenters. The Labute approximate surface area is 143 Å².